The SMILES string of the molecule is Cn1c(=O)[nH]c(=O)c2[nH]c(N3CCCCC3)nc21. The highest BCUT2D eigenvalue weighted by Crippen LogP contribution is 2.18. The van der Waals surface area contributed by atoms with E-state index in [-0.39, 0.29) is 0 Å². The molecule has 7 heteroatoms. The van der Waals surface area contributed by atoms with E-state index < -0.39 is 11.2 Å². The van der Waals surface area contributed by atoms with E-state index in [9.17, 15) is 9.59 Å². The molecule has 0 amide bonds. The number of aryl methyl sites for hydroxylation is 1. The van der Waals surface area contributed by atoms with E-state index >= 15 is 0 Å². The van der Waals surface area contributed by atoms with Gasteiger partial charge >= 0.3 is 5.69 Å². The monoisotopic (exact) mass is 249 g/mol. The molecule has 0 atom stereocenters. The highest BCUT2D eigenvalue weighted by atomic mass is 16.2. The van der Waals surface area contributed by atoms with Gasteiger partial charge in [0, 0.05) is 20.1 Å². The first-order chi connectivity index (χ1) is 8.66. The molecule has 7 nitrogen and oxygen atoms in total. The highest BCUT2D eigenvalue weighted by molar-refractivity contribution is 5.72. The molecule has 0 spiro atoms. The van der Waals surface area contributed by atoms with Crippen LogP contribution in [0.25, 0.3) is 11.2 Å². The molecule has 3 rings (SSSR count). The summed E-state index contributed by atoms with van der Waals surface area (Å²) in [4.78, 5) is 34.9. The summed E-state index contributed by atoms with van der Waals surface area (Å²) in [5.74, 6) is 0.677. The van der Waals surface area contributed by atoms with Gasteiger partial charge in [0.05, 0.1) is 0 Å². The number of H-pyrrole nitrogens is 2. The van der Waals surface area contributed by atoms with Crippen LogP contribution in [-0.4, -0.2) is 32.6 Å². The van der Waals surface area contributed by atoms with Gasteiger partial charge in [0.2, 0.25) is 5.95 Å². The van der Waals surface area contributed by atoms with Crippen LogP contribution in [-0.2, 0) is 7.05 Å². The smallest absolute Gasteiger partial charge is 0.329 e. The molecule has 1 aliphatic rings. The van der Waals surface area contributed by atoms with Gasteiger partial charge in [0.25, 0.3) is 5.56 Å². The summed E-state index contributed by atoms with van der Waals surface area (Å²) >= 11 is 0. The second-order valence-corrected chi connectivity index (χ2v) is 4.63. The minimum atomic E-state index is -0.441. The van der Waals surface area contributed by atoms with E-state index in [1.165, 1.54) is 11.0 Å². The van der Waals surface area contributed by atoms with Crippen LogP contribution >= 0.6 is 0 Å². The molecule has 1 saturated heterocycles. The molecule has 1 aliphatic heterocycles. The third-order valence-electron chi connectivity index (χ3n) is 3.40. The minimum Gasteiger partial charge on any atom is -0.342 e. The Morgan fingerprint density at radius 2 is 1.83 bits per heavy atom. The zero-order valence-corrected chi connectivity index (χ0v) is 10.2. The fourth-order valence-electron chi connectivity index (χ4n) is 2.35. The summed E-state index contributed by atoms with van der Waals surface area (Å²) in [7, 11) is 1.60. The lowest BCUT2D eigenvalue weighted by molar-refractivity contribution is 0.570. The van der Waals surface area contributed by atoms with E-state index in [2.05, 4.69) is 19.9 Å². The number of hydrogen-bond donors (Lipinski definition) is 2. The molecular weight excluding hydrogens is 234 g/mol. The van der Waals surface area contributed by atoms with Crippen molar-refractivity contribution in [2.45, 2.75) is 19.3 Å². The summed E-state index contributed by atoms with van der Waals surface area (Å²) in [5.41, 5.74) is -0.0879. The Balaban J connectivity index is 2.16. The summed E-state index contributed by atoms with van der Waals surface area (Å²) in [5, 5.41) is 0. The van der Waals surface area contributed by atoms with E-state index in [1.54, 1.807) is 7.05 Å². The topological polar surface area (TPSA) is 86.8 Å². The number of rotatable bonds is 1. The van der Waals surface area contributed by atoms with Gasteiger partial charge in [0.15, 0.2) is 11.2 Å². The molecule has 2 aromatic heterocycles. The molecule has 0 aromatic carbocycles. The molecule has 0 bridgehead atoms. The van der Waals surface area contributed by atoms with Crippen LogP contribution in [0.5, 0.6) is 0 Å². The average Bonchev–Trinajstić information content (AvgIpc) is 2.83. The molecule has 2 N–H and O–H groups in total. The third-order valence-corrected chi connectivity index (χ3v) is 3.40. The van der Waals surface area contributed by atoms with E-state index in [4.69, 9.17) is 0 Å². The normalized spacial score (nSPS) is 16.4. The van der Waals surface area contributed by atoms with Crippen molar-refractivity contribution in [3.05, 3.63) is 20.8 Å². The Morgan fingerprint density at radius 1 is 1.11 bits per heavy atom. The second-order valence-electron chi connectivity index (χ2n) is 4.63. The fourth-order valence-corrected chi connectivity index (χ4v) is 2.35. The van der Waals surface area contributed by atoms with Crippen molar-refractivity contribution >= 4 is 17.1 Å². The van der Waals surface area contributed by atoms with Gasteiger partial charge in [-0.05, 0) is 19.3 Å². The maximum atomic E-state index is 11.7. The summed E-state index contributed by atoms with van der Waals surface area (Å²) in [6.45, 7) is 1.87. The zero-order chi connectivity index (χ0) is 12.7. The summed E-state index contributed by atoms with van der Waals surface area (Å²) < 4.78 is 1.35. The van der Waals surface area contributed by atoms with Crippen LogP contribution < -0.4 is 16.1 Å². The Hall–Kier alpha value is -2.05. The van der Waals surface area contributed by atoms with Gasteiger partial charge in [0.1, 0.15) is 0 Å². The quantitative estimate of drug-likeness (QED) is 0.741. The minimum absolute atomic E-state index is 0.359. The molecule has 0 unspecified atom stereocenters. The summed E-state index contributed by atoms with van der Waals surface area (Å²) in [6.07, 6.45) is 3.49. The van der Waals surface area contributed by atoms with Crippen LogP contribution in [0.2, 0.25) is 0 Å². The van der Waals surface area contributed by atoms with Crippen LogP contribution in [0, 0.1) is 0 Å². The van der Waals surface area contributed by atoms with E-state index in [1.807, 2.05) is 0 Å². The molecule has 1 fully saturated rings. The number of nitrogens with one attached hydrogen (secondary N) is 2. The number of nitrogens with zero attached hydrogens (tertiary/aromatic N) is 3. The average molecular weight is 249 g/mol. The number of piperidine rings is 1. The number of imidazole rings is 1. The van der Waals surface area contributed by atoms with Gasteiger partial charge in [-0.25, -0.2) is 4.79 Å². The first-order valence-corrected chi connectivity index (χ1v) is 6.11. The fraction of sp³-hybridized carbons (Fsp3) is 0.545. The van der Waals surface area contributed by atoms with Gasteiger partial charge in [-0.1, -0.05) is 0 Å². The van der Waals surface area contributed by atoms with Gasteiger partial charge in [-0.15, -0.1) is 0 Å². The van der Waals surface area contributed by atoms with Crippen LogP contribution in [0.15, 0.2) is 9.59 Å². The largest absolute Gasteiger partial charge is 0.342 e. The van der Waals surface area contributed by atoms with Crippen molar-refractivity contribution in [2.24, 2.45) is 7.05 Å². The number of aromatic amines is 2. The number of anilines is 1. The Labute approximate surface area is 102 Å². The van der Waals surface area contributed by atoms with Crippen LogP contribution in [0.4, 0.5) is 5.95 Å². The van der Waals surface area contributed by atoms with Gasteiger partial charge < -0.3 is 9.88 Å². The van der Waals surface area contributed by atoms with E-state index in [0.717, 1.165) is 25.9 Å². The lowest BCUT2D eigenvalue weighted by atomic mass is 10.1. The zero-order valence-electron chi connectivity index (χ0n) is 10.2. The van der Waals surface area contributed by atoms with Crippen LogP contribution in [0.1, 0.15) is 19.3 Å². The third kappa shape index (κ3) is 1.62. The molecule has 0 saturated carbocycles. The molecule has 2 aromatic rings. The van der Waals surface area contributed by atoms with Crippen molar-refractivity contribution in [3.8, 4) is 0 Å². The lowest BCUT2D eigenvalue weighted by Crippen LogP contribution is -2.30. The van der Waals surface area contributed by atoms with Crippen molar-refractivity contribution < 1.29 is 0 Å². The number of aromatic nitrogens is 4. The molecule has 3 heterocycles. The predicted octanol–water partition coefficient (Wildman–Crippen LogP) is -0.0598. The maximum Gasteiger partial charge on any atom is 0.329 e. The van der Waals surface area contributed by atoms with Crippen molar-refractivity contribution in [1.82, 2.24) is 19.5 Å². The Kier molecular flexibility index (Phi) is 2.46. The molecule has 0 aliphatic carbocycles. The molecule has 96 valence electrons. The Bertz CT molecular complexity index is 690. The number of fused-ring (bicyclic) bond motifs is 1. The maximum absolute atomic E-state index is 11.7. The standard InChI is InChI=1S/C11H15N5O2/c1-15-8-7(9(17)14-11(15)18)12-10(13-8)16-5-3-2-4-6-16/h2-6H2,1H3,(H,12,13)(H,14,17,18). The second kappa shape index (κ2) is 4.01. The molecule has 18 heavy (non-hydrogen) atoms. The van der Waals surface area contributed by atoms with Crippen LogP contribution in [0.3, 0.4) is 0 Å². The number of hydrogen-bond acceptors (Lipinski definition) is 4. The van der Waals surface area contributed by atoms with E-state index in [0.29, 0.717) is 17.1 Å². The molecular formula is C11H15N5O2. The lowest BCUT2D eigenvalue weighted by Gasteiger charge is -2.25. The Morgan fingerprint density at radius 3 is 2.56 bits per heavy atom. The van der Waals surface area contributed by atoms with Gasteiger partial charge in [-0.3, -0.25) is 14.3 Å². The van der Waals surface area contributed by atoms with Crippen molar-refractivity contribution in [1.29, 1.82) is 0 Å². The first kappa shape index (κ1) is 11.1. The first-order valence-electron chi connectivity index (χ1n) is 6.11. The van der Waals surface area contributed by atoms with Crippen molar-refractivity contribution in [3.63, 3.8) is 0 Å². The molecule has 0 radical (unpaired) electrons. The summed E-state index contributed by atoms with van der Waals surface area (Å²) in [6, 6.07) is 0. The predicted molar refractivity (Wildman–Crippen MR) is 68.0 cm³/mol. The highest BCUT2D eigenvalue weighted by Gasteiger charge is 2.17. The van der Waals surface area contributed by atoms with Crippen molar-refractivity contribution in [2.75, 3.05) is 18.0 Å². The van der Waals surface area contributed by atoms with Gasteiger partial charge in [-0.2, -0.15) is 4.98 Å².